The number of nitrogens with zero attached hydrogens (tertiary/aromatic N) is 1. The van der Waals surface area contributed by atoms with Gasteiger partial charge in [0.15, 0.2) is 11.5 Å². The molecule has 0 bridgehead atoms. The Morgan fingerprint density at radius 1 is 1.26 bits per heavy atom. The van der Waals surface area contributed by atoms with Crippen LogP contribution in [0.4, 0.5) is 0 Å². The number of nitrogens with one attached hydrogen (secondary N) is 1. The molecule has 1 amide bonds. The van der Waals surface area contributed by atoms with Crippen molar-refractivity contribution in [2.45, 2.75) is 0 Å². The summed E-state index contributed by atoms with van der Waals surface area (Å²) in [7, 11) is 3.03. The Morgan fingerprint density at radius 3 is 2.70 bits per heavy atom. The molecule has 0 saturated heterocycles. The normalized spacial score (nSPS) is 10.6. The quantitative estimate of drug-likeness (QED) is 0.434. The molecule has 0 aliphatic heterocycles. The van der Waals surface area contributed by atoms with Gasteiger partial charge in [-0.1, -0.05) is 17.7 Å². The smallest absolute Gasteiger partial charge is 0.271 e. The van der Waals surface area contributed by atoms with Gasteiger partial charge in [0.2, 0.25) is 0 Å². The van der Waals surface area contributed by atoms with E-state index in [9.17, 15) is 4.79 Å². The Labute approximate surface area is 152 Å². The van der Waals surface area contributed by atoms with Gasteiger partial charge in [-0.25, -0.2) is 5.43 Å². The highest BCUT2D eigenvalue weighted by Gasteiger charge is 2.10. The standard InChI is InChI=1S/C16H14ClIN2O3/c1-22-14-7-10(6-13(17)15(14)23-2)9-19-20-16(21)11-4-3-5-12(18)8-11/h3-9H,1-2H3,(H,20,21)/b19-9-. The molecule has 0 unspecified atom stereocenters. The van der Waals surface area contributed by atoms with Gasteiger partial charge < -0.3 is 9.47 Å². The summed E-state index contributed by atoms with van der Waals surface area (Å²) in [6.07, 6.45) is 1.49. The molecule has 120 valence electrons. The lowest BCUT2D eigenvalue weighted by Crippen LogP contribution is -2.17. The van der Waals surface area contributed by atoms with Gasteiger partial charge in [-0.05, 0) is 58.5 Å². The number of hydrazone groups is 1. The topological polar surface area (TPSA) is 59.9 Å². The SMILES string of the molecule is COc1cc(/C=N\NC(=O)c2cccc(I)c2)cc(Cl)c1OC. The number of rotatable bonds is 5. The van der Waals surface area contributed by atoms with Crippen LogP contribution in [0.3, 0.4) is 0 Å². The van der Waals surface area contributed by atoms with E-state index in [1.165, 1.54) is 20.4 Å². The first kappa shape index (κ1) is 17.6. The average molecular weight is 445 g/mol. The molecule has 2 rings (SSSR count). The second kappa shape index (κ2) is 8.16. The van der Waals surface area contributed by atoms with Crippen LogP contribution >= 0.6 is 34.2 Å². The predicted molar refractivity (Wildman–Crippen MR) is 98.8 cm³/mol. The lowest BCUT2D eigenvalue weighted by atomic mass is 10.2. The Kier molecular flexibility index (Phi) is 6.23. The molecule has 0 heterocycles. The number of carbonyl (C=O) groups is 1. The first-order valence-corrected chi connectivity index (χ1v) is 8.01. The summed E-state index contributed by atoms with van der Waals surface area (Å²) >= 11 is 8.26. The van der Waals surface area contributed by atoms with E-state index >= 15 is 0 Å². The van der Waals surface area contributed by atoms with Gasteiger partial charge in [0, 0.05) is 9.13 Å². The van der Waals surface area contributed by atoms with Crippen LogP contribution in [0.2, 0.25) is 5.02 Å². The number of hydrogen-bond acceptors (Lipinski definition) is 4. The lowest BCUT2D eigenvalue weighted by molar-refractivity contribution is 0.0955. The predicted octanol–water partition coefficient (Wildman–Crippen LogP) is 3.73. The number of ether oxygens (including phenoxy) is 2. The molecule has 1 N–H and O–H groups in total. The van der Waals surface area contributed by atoms with Gasteiger partial charge in [0.05, 0.1) is 25.5 Å². The monoisotopic (exact) mass is 444 g/mol. The van der Waals surface area contributed by atoms with E-state index in [0.29, 0.717) is 27.6 Å². The molecule has 0 fully saturated rings. The molecule has 23 heavy (non-hydrogen) atoms. The minimum absolute atomic E-state index is 0.286. The van der Waals surface area contributed by atoms with Crippen molar-refractivity contribution < 1.29 is 14.3 Å². The number of methoxy groups -OCH3 is 2. The molecule has 5 nitrogen and oxygen atoms in total. The molecule has 2 aromatic carbocycles. The minimum atomic E-state index is -0.286. The molecular formula is C16H14ClIN2O3. The summed E-state index contributed by atoms with van der Waals surface area (Å²) in [6.45, 7) is 0. The van der Waals surface area contributed by atoms with Gasteiger partial charge in [-0.2, -0.15) is 5.10 Å². The lowest BCUT2D eigenvalue weighted by Gasteiger charge is -2.09. The highest BCUT2D eigenvalue weighted by Crippen LogP contribution is 2.35. The Balaban J connectivity index is 2.11. The van der Waals surface area contributed by atoms with Crippen molar-refractivity contribution in [3.63, 3.8) is 0 Å². The van der Waals surface area contributed by atoms with E-state index in [4.69, 9.17) is 21.1 Å². The Morgan fingerprint density at radius 2 is 2.04 bits per heavy atom. The molecule has 0 atom stereocenters. The zero-order valence-corrected chi connectivity index (χ0v) is 15.4. The average Bonchev–Trinajstić information content (AvgIpc) is 2.54. The fourth-order valence-corrected chi connectivity index (χ4v) is 2.71. The van der Waals surface area contributed by atoms with E-state index in [-0.39, 0.29) is 5.91 Å². The molecule has 0 radical (unpaired) electrons. The molecule has 0 aliphatic carbocycles. The fourth-order valence-electron chi connectivity index (χ4n) is 1.87. The number of amides is 1. The van der Waals surface area contributed by atoms with Crippen LogP contribution in [0, 0.1) is 3.57 Å². The third-order valence-corrected chi connectivity index (χ3v) is 3.87. The summed E-state index contributed by atoms with van der Waals surface area (Å²) in [5.74, 6) is 0.658. The van der Waals surface area contributed by atoms with Crippen LogP contribution in [0.1, 0.15) is 15.9 Å². The van der Waals surface area contributed by atoms with Crippen LogP contribution in [-0.2, 0) is 0 Å². The third-order valence-electron chi connectivity index (χ3n) is 2.92. The van der Waals surface area contributed by atoms with Crippen LogP contribution in [-0.4, -0.2) is 26.3 Å². The second-order valence-corrected chi connectivity index (χ2v) is 6.10. The highest BCUT2D eigenvalue weighted by atomic mass is 127. The fraction of sp³-hybridized carbons (Fsp3) is 0.125. The van der Waals surface area contributed by atoms with E-state index < -0.39 is 0 Å². The van der Waals surface area contributed by atoms with Gasteiger partial charge >= 0.3 is 0 Å². The third kappa shape index (κ3) is 4.59. The molecule has 2 aromatic rings. The van der Waals surface area contributed by atoms with Gasteiger partial charge in [-0.3, -0.25) is 4.79 Å². The summed E-state index contributed by atoms with van der Waals surface area (Å²) in [4.78, 5) is 12.0. The van der Waals surface area contributed by atoms with Gasteiger partial charge in [0.25, 0.3) is 5.91 Å². The molecule has 0 saturated carbocycles. The first-order chi connectivity index (χ1) is 11.0. The summed E-state index contributed by atoms with van der Waals surface area (Å²) in [5, 5.41) is 4.34. The maximum Gasteiger partial charge on any atom is 0.271 e. The van der Waals surface area contributed by atoms with Crippen molar-refractivity contribution in [1.29, 1.82) is 0 Å². The van der Waals surface area contributed by atoms with Crippen molar-refractivity contribution >= 4 is 46.3 Å². The Hall–Kier alpha value is -1.80. The van der Waals surface area contributed by atoms with Crippen LogP contribution in [0.5, 0.6) is 11.5 Å². The molecule has 0 spiro atoms. The van der Waals surface area contributed by atoms with E-state index in [2.05, 4.69) is 33.1 Å². The molecule has 0 aliphatic rings. The Bertz CT molecular complexity index is 750. The van der Waals surface area contributed by atoms with Gasteiger partial charge in [-0.15, -0.1) is 0 Å². The largest absolute Gasteiger partial charge is 0.493 e. The summed E-state index contributed by atoms with van der Waals surface area (Å²) in [5.41, 5.74) is 3.69. The zero-order valence-electron chi connectivity index (χ0n) is 12.5. The number of carbonyl (C=O) groups excluding carboxylic acids is 1. The van der Waals surface area contributed by atoms with Crippen LogP contribution < -0.4 is 14.9 Å². The zero-order chi connectivity index (χ0) is 16.8. The van der Waals surface area contributed by atoms with E-state index in [1.807, 2.05) is 12.1 Å². The van der Waals surface area contributed by atoms with Crippen molar-refractivity contribution in [3.05, 3.63) is 56.1 Å². The molecule has 0 aromatic heterocycles. The van der Waals surface area contributed by atoms with Gasteiger partial charge in [0.1, 0.15) is 0 Å². The summed E-state index contributed by atoms with van der Waals surface area (Å²) in [6, 6.07) is 10.6. The van der Waals surface area contributed by atoms with E-state index in [1.54, 1.807) is 24.3 Å². The maximum atomic E-state index is 12.0. The van der Waals surface area contributed by atoms with Crippen molar-refractivity contribution in [3.8, 4) is 11.5 Å². The minimum Gasteiger partial charge on any atom is -0.493 e. The second-order valence-electron chi connectivity index (χ2n) is 4.45. The first-order valence-electron chi connectivity index (χ1n) is 6.55. The molecular weight excluding hydrogens is 431 g/mol. The number of benzene rings is 2. The van der Waals surface area contributed by atoms with Crippen molar-refractivity contribution in [1.82, 2.24) is 5.43 Å². The van der Waals surface area contributed by atoms with E-state index in [0.717, 1.165) is 3.57 Å². The summed E-state index contributed by atoms with van der Waals surface area (Å²) < 4.78 is 11.3. The molecule has 7 heteroatoms. The van der Waals surface area contributed by atoms with Crippen molar-refractivity contribution in [2.75, 3.05) is 14.2 Å². The number of halogens is 2. The van der Waals surface area contributed by atoms with Crippen LogP contribution in [0.15, 0.2) is 41.5 Å². The van der Waals surface area contributed by atoms with Crippen LogP contribution in [0.25, 0.3) is 0 Å². The highest BCUT2D eigenvalue weighted by molar-refractivity contribution is 14.1. The number of hydrogen-bond donors (Lipinski definition) is 1. The van der Waals surface area contributed by atoms with Crippen molar-refractivity contribution in [2.24, 2.45) is 5.10 Å². The maximum absolute atomic E-state index is 12.0.